The van der Waals surface area contributed by atoms with Crippen molar-refractivity contribution in [3.05, 3.63) is 69.1 Å². The predicted octanol–water partition coefficient (Wildman–Crippen LogP) is 2.94. The molecule has 2 atom stereocenters. The second kappa shape index (κ2) is 8.46. The molecule has 3 heterocycles. The Balaban J connectivity index is 0.00000210. The lowest BCUT2D eigenvalue weighted by molar-refractivity contribution is 0.0747. The van der Waals surface area contributed by atoms with Crippen molar-refractivity contribution in [2.75, 3.05) is 13.1 Å². The average molecular weight is 408 g/mol. The number of hydrogen-bond donors (Lipinski definition) is 1. The topological polar surface area (TPSA) is 54.3 Å². The molecule has 2 aliphatic heterocycles. The van der Waals surface area contributed by atoms with Gasteiger partial charge in [0.05, 0.1) is 12.1 Å². The van der Waals surface area contributed by atoms with Crippen LogP contribution in [0.1, 0.15) is 35.2 Å². The molecule has 1 aromatic heterocycles. The van der Waals surface area contributed by atoms with Crippen LogP contribution in [0.2, 0.25) is 5.02 Å². The van der Waals surface area contributed by atoms with Crippen molar-refractivity contribution in [1.29, 1.82) is 0 Å². The van der Waals surface area contributed by atoms with Gasteiger partial charge in [0.2, 0.25) is 0 Å². The van der Waals surface area contributed by atoms with E-state index in [2.05, 4.69) is 5.32 Å². The number of likely N-dealkylation sites (tertiary alicyclic amines) is 1. The highest BCUT2D eigenvalue weighted by molar-refractivity contribution is 6.31. The van der Waals surface area contributed by atoms with Crippen LogP contribution in [-0.2, 0) is 6.54 Å². The third-order valence-corrected chi connectivity index (χ3v) is 5.71. The van der Waals surface area contributed by atoms with Crippen LogP contribution in [0.4, 0.5) is 0 Å². The van der Waals surface area contributed by atoms with Crippen LogP contribution >= 0.6 is 24.0 Å². The Labute approximate surface area is 169 Å². The fourth-order valence-corrected chi connectivity index (χ4v) is 4.10. The Morgan fingerprint density at radius 2 is 1.89 bits per heavy atom. The van der Waals surface area contributed by atoms with Crippen LogP contribution < -0.4 is 10.9 Å². The van der Waals surface area contributed by atoms with Crippen LogP contribution in [0.25, 0.3) is 0 Å². The van der Waals surface area contributed by atoms with Crippen molar-refractivity contribution < 1.29 is 4.79 Å². The van der Waals surface area contributed by atoms with Crippen molar-refractivity contribution in [2.45, 2.75) is 37.9 Å². The minimum atomic E-state index is -0.141. The lowest BCUT2D eigenvalue weighted by Gasteiger charge is -2.24. The second-order valence-electron chi connectivity index (χ2n) is 7.15. The molecule has 5 nitrogen and oxygen atoms in total. The summed E-state index contributed by atoms with van der Waals surface area (Å²) in [5.74, 6) is -0.00717. The van der Waals surface area contributed by atoms with Gasteiger partial charge in [0.15, 0.2) is 0 Å². The highest BCUT2D eigenvalue weighted by atomic mass is 35.5. The van der Waals surface area contributed by atoms with Crippen molar-refractivity contribution in [1.82, 2.24) is 14.8 Å². The maximum atomic E-state index is 13.0. The van der Waals surface area contributed by atoms with Crippen molar-refractivity contribution in [3.8, 4) is 0 Å². The van der Waals surface area contributed by atoms with Crippen LogP contribution in [-0.4, -0.2) is 40.5 Å². The molecule has 0 saturated carbocycles. The van der Waals surface area contributed by atoms with Gasteiger partial charge in [0.25, 0.3) is 11.5 Å². The number of fused-ring (bicyclic) bond motifs is 2. The summed E-state index contributed by atoms with van der Waals surface area (Å²) >= 11 is 6.21. The van der Waals surface area contributed by atoms with E-state index in [0.717, 1.165) is 31.5 Å². The van der Waals surface area contributed by atoms with Gasteiger partial charge in [-0.2, -0.15) is 0 Å². The zero-order chi connectivity index (χ0) is 18.1. The lowest BCUT2D eigenvalue weighted by Crippen LogP contribution is -2.39. The van der Waals surface area contributed by atoms with E-state index in [0.29, 0.717) is 29.2 Å². The largest absolute Gasteiger partial charge is 0.337 e. The Morgan fingerprint density at radius 1 is 1.11 bits per heavy atom. The van der Waals surface area contributed by atoms with Crippen LogP contribution in [0, 0.1) is 0 Å². The Hall–Kier alpha value is -1.82. The molecular weight excluding hydrogens is 385 g/mol. The van der Waals surface area contributed by atoms with Crippen LogP contribution in [0.3, 0.4) is 0 Å². The summed E-state index contributed by atoms with van der Waals surface area (Å²) in [5, 5.41) is 4.20. The molecule has 27 heavy (non-hydrogen) atoms. The molecule has 1 amide bonds. The number of amides is 1. The van der Waals surface area contributed by atoms with E-state index in [1.165, 1.54) is 12.5 Å². The van der Waals surface area contributed by atoms with Crippen LogP contribution in [0.5, 0.6) is 0 Å². The first-order valence-corrected chi connectivity index (χ1v) is 9.47. The van der Waals surface area contributed by atoms with Gasteiger partial charge in [-0.3, -0.25) is 9.59 Å². The number of halogens is 2. The van der Waals surface area contributed by atoms with Gasteiger partial charge in [-0.25, -0.2) is 0 Å². The van der Waals surface area contributed by atoms with Gasteiger partial charge >= 0.3 is 0 Å². The molecule has 0 radical (unpaired) electrons. The zero-order valence-electron chi connectivity index (χ0n) is 14.9. The fraction of sp³-hybridized carbons (Fsp3) is 0.400. The summed E-state index contributed by atoms with van der Waals surface area (Å²) in [7, 11) is 0. The van der Waals surface area contributed by atoms with E-state index in [4.69, 9.17) is 11.6 Å². The highest BCUT2D eigenvalue weighted by Crippen LogP contribution is 2.21. The summed E-state index contributed by atoms with van der Waals surface area (Å²) in [6, 6.07) is 11.5. The van der Waals surface area contributed by atoms with Gasteiger partial charge in [0, 0.05) is 42.5 Å². The molecule has 2 bridgehead atoms. The van der Waals surface area contributed by atoms with Gasteiger partial charge in [-0.05, 0) is 37.0 Å². The SMILES string of the molecule is Cl.O=C(c1ccc(=O)n(Cc2ccccc2Cl)c1)N1CCC2CCC(C1)N2. The fourth-order valence-electron chi connectivity index (χ4n) is 3.90. The van der Waals surface area contributed by atoms with Gasteiger partial charge < -0.3 is 14.8 Å². The first-order chi connectivity index (χ1) is 12.6. The number of benzene rings is 1. The van der Waals surface area contributed by atoms with Crippen molar-refractivity contribution in [3.63, 3.8) is 0 Å². The van der Waals surface area contributed by atoms with Crippen LogP contribution in [0.15, 0.2) is 47.4 Å². The van der Waals surface area contributed by atoms with E-state index in [1.54, 1.807) is 22.9 Å². The maximum Gasteiger partial charge on any atom is 0.255 e. The van der Waals surface area contributed by atoms with Gasteiger partial charge in [-0.1, -0.05) is 29.8 Å². The summed E-state index contributed by atoms with van der Waals surface area (Å²) < 4.78 is 1.55. The number of hydrogen-bond acceptors (Lipinski definition) is 3. The quantitative estimate of drug-likeness (QED) is 0.850. The minimum Gasteiger partial charge on any atom is -0.337 e. The standard InChI is InChI=1S/C20H22ClN3O2.ClH/c21-18-4-2-1-3-14(18)11-24-12-15(5-8-19(24)25)20(26)23-10-9-16-6-7-17(13-23)22-16;/h1-5,8,12,16-17,22H,6-7,9-11,13H2;1H. The normalized spacial score (nSPS) is 21.4. The second-order valence-corrected chi connectivity index (χ2v) is 7.56. The lowest BCUT2D eigenvalue weighted by atomic mass is 10.1. The number of carbonyl (C=O) groups is 1. The monoisotopic (exact) mass is 407 g/mol. The average Bonchev–Trinajstić information content (AvgIpc) is 2.97. The summed E-state index contributed by atoms with van der Waals surface area (Å²) in [6.07, 6.45) is 4.97. The highest BCUT2D eigenvalue weighted by Gasteiger charge is 2.31. The van der Waals surface area contributed by atoms with E-state index in [-0.39, 0.29) is 23.9 Å². The molecule has 2 fully saturated rings. The van der Waals surface area contributed by atoms with E-state index in [1.807, 2.05) is 23.1 Å². The van der Waals surface area contributed by atoms with E-state index >= 15 is 0 Å². The third-order valence-electron chi connectivity index (χ3n) is 5.34. The van der Waals surface area contributed by atoms with Gasteiger partial charge in [-0.15, -0.1) is 12.4 Å². The Morgan fingerprint density at radius 3 is 2.70 bits per heavy atom. The number of aromatic nitrogens is 1. The third kappa shape index (κ3) is 4.37. The molecule has 2 aliphatic rings. The molecule has 7 heteroatoms. The minimum absolute atomic E-state index is 0. The first-order valence-electron chi connectivity index (χ1n) is 9.09. The molecule has 0 aliphatic carbocycles. The summed E-state index contributed by atoms with van der Waals surface area (Å²) in [4.78, 5) is 27.1. The molecule has 2 aromatic rings. The predicted molar refractivity (Wildman–Crippen MR) is 109 cm³/mol. The number of rotatable bonds is 3. The number of pyridine rings is 1. The van der Waals surface area contributed by atoms with E-state index in [9.17, 15) is 9.59 Å². The molecule has 4 rings (SSSR count). The Kier molecular flexibility index (Phi) is 6.25. The molecular formula is C20H23Cl2N3O2. The number of nitrogens with one attached hydrogen (secondary N) is 1. The smallest absolute Gasteiger partial charge is 0.255 e. The summed E-state index contributed by atoms with van der Waals surface area (Å²) in [6.45, 7) is 1.85. The molecule has 1 N–H and O–H groups in total. The number of nitrogens with zero attached hydrogens (tertiary/aromatic N) is 2. The molecule has 0 spiro atoms. The summed E-state index contributed by atoms with van der Waals surface area (Å²) in [5.41, 5.74) is 1.27. The van der Waals surface area contributed by atoms with Gasteiger partial charge in [0.1, 0.15) is 0 Å². The molecule has 1 aromatic carbocycles. The zero-order valence-corrected chi connectivity index (χ0v) is 16.5. The maximum absolute atomic E-state index is 13.0. The molecule has 144 valence electrons. The van der Waals surface area contributed by atoms with E-state index < -0.39 is 0 Å². The van der Waals surface area contributed by atoms with Crippen molar-refractivity contribution in [2.24, 2.45) is 0 Å². The molecule has 2 unspecified atom stereocenters. The molecule has 2 saturated heterocycles. The first kappa shape index (κ1) is 19.9. The number of carbonyl (C=O) groups excluding carboxylic acids is 1. The van der Waals surface area contributed by atoms with Crippen molar-refractivity contribution >= 4 is 29.9 Å². The Bertz CT molecular complexity index is 884.